The van der Waals surface area contributed by atoms with E-state index < -0.39 is 5.97 Å². The first-order chi connectivity index (χ1) is 7.59. The topological polar surface area (TPSA) is 88.2 Å². The molecular formula is C8H15N5O2S. The first kappa shape index (κ1) is 12.9. The molecule has 1 heterocycles. The minimum absolute atomic E-state index is 0.126. The smallest absolute Gasteiger partial charge is 0.209 e. The van der Waals surface area contributed by atoms with Crippen LogP contribution >= 0.6 is 11.8 Å². The number of nitrogens with one attached hydrogen (secondary N) is 1. The average Bonchev–Trinajstić information content (AvgIpc) is 2.62. The van der Waals surface area contributed by atoms with E-state index in [1.165, 1.54) is 4.90 Å². The van der Waals surface area contributed by atoms with E-state index in [-0.39, 0.29) is 5.75 Å². The molecule has 0 bridgehead atoms. The van der Waals surface area contributed by atoms with E-state index in [2.05, 4.69) is 29.6 Å². The molecule has 0 saturated carbocycles. The fourth-order valence-corrected chi connectivity index (χ4v) is 1.76. The highest BCUT2D eigenvalue weighted by Crippen LogP contribution is 2.12. The molecule has 0 aliphatic carbocycles. The highest BCUT2D eigenvalue weighted by atomic mass is 32.2. The molecule has 7 nitrogen and oxygen atoms in total. The van der Waals surface area contributed by atoms with Crippen molar-refractivity contribution in [3.05, 3.63) is 0 Å². The summed E-state index contributed by atoms with van der Waals surface area (Å²) in [6.07, 6.45) is 0.951. The van der Waals surface area contributed by atoms with Crippen LogP contribution in [0.5, 0.6) is 0 Å². The normalized spacial score (nSPS) is 10.9. The van der Waals surface area contributed by atoms with Gasteiger partial charge in [0, 0.05) is 12.2 Å². The predicted molar refractivity (Wildman–Crippen MR) is 55.8 cm³/mol. The van der Waals surface area contributed by atoms with Gasteiger partial charge in [-0.15, -0.1) is 5.10 Å². The number of carbonyl (C=O) groups is 1. The van der Waals surface area contributed by atoms with Crippen LogP contribution in [0.3, 0.4) is 0 Å². The largest absolute Gasteiger partial charge is 0.549 e. The Morgan fingerprint density at radius 3 is 2.94 bits per heavy atom. The number of nitrogens with zero attached hydrogens (tertiary/aromatic N) is 4. The zero-order valence-electron chi connectivity index (χ0n) is 9.34. The molecule has 0 radical (unpaired) electrons. The molecule has 1 aromatic rings. The number of tetrazole rings is 1. The van der Waals surface area contributed by atoms with Gasteiger partial charge in [-0.1, -0.05) is 11.8 Å². The zero-order chi connectivity index (χ0) is 12.0. The van der Waals surface area contributed by atoms with E-state index in [4.69, 9.17) is 0 Å². The molecule has 8 heteroatoms. The summed E-state index contributed by atoms with van der Waals surface area (Å²) >= 11 is 1.08. The Morgan fingerprint density at radius 2 is 2.31 bits per heavy atom. The lowest BCUT2D eigenvalue weighted by atomic mass is 10.4. The third-order valence-electron chi connectivity index (χ3n) is 1.86. The maximum atomic E-state index is 10.3. The van der Waals surface area contributed by atoms with Crippen molar-refractivity contribution in [2.45, 2.75) is 18.1 Å². The van der Waals surface area contributed by atoms with Crippen LogP contribution in [0.15, 0.2) is 5.16 Å². The van der Waals surface area contributed by atoms with Crippen LogP contribution in [-0.2, 0) is 11.3 Å². The second-order valence-electron chi connectivity index (χ2n) is 3.66. The first-order valence-electron chi connectivity index (χ1n) is 4.97. The number of quaternary nitrogens is 1. The van der Waals surface area contributed by atoms with Crippen molar-refractivity contribution in [3.8, 4) is 0 Å². The molecule has 0 spiro atoms. The van der Waals surface area contributed by atoms with Crippen molar-refractivity contribution < 1.29 is 14.8 Å². The van der Waals surface area contributed by atoms with E-state index in [0.29, 0.717) is 11.7 Å². The predicted octanol–water partition coefficient (Wildman–Crippen LogP) is -2.95. The van der Waals surface area contributed by atoms with Crippen LogP contribution in [0.25, 0.3) is 0 Å². The lowest BCUT2D eigenvalue weighted by molar-refractivity contribution is -0.858. The Labute approximate surface area is 97.8 Å². The molecule has 1 N–H and O–H groups in total. The number of hydrogen-bond acceptors (Lipinski definition) is 6. The number of aromatic nitrogens is 4. The van der Waals surface area contributed by atoms with Crippen LogP contribution in [0.1, 0.15) is 6.42 Å². The van der Waals surface area contributed by atoms with Crippen LogP contribution in [0.2, 0.25) is 0 Å². The van der Waals surface area contributed by atoms with Gasteiger partial charge >= 0.3 is 0 Å². The second kappa shape index (κ2) is 6.44. The van der Waals surface area contributed by atoms with Gasteiger partial charge in [-0.25, -0.2) is 4.68 Å². The van der Waals surface area contributed by atoms with E-state index in [1.54, 1.807) is 4.68 Å². The number of carbonyl (C=O) groups excluding carboxylic acids is 1. The number of aliphatic carboxylic acids is 1. The Kier molecular flexibility index (Phi) is 5.20. The maximum absolute atomic E-state index is 10.3. The summed E-state index contributed by atoms with van der Waals surface area (Å²) < 4.78 is 1.62. The highest BCUT2D eigenvalue weighted by Gasteiger charge is 2.06. The van der Waals surface area contributed by atoms with Gasteiger partial charge in [0.15, 0.2) is 0 Å². The highest BCUT2D eigenvalue weighted by molar-refractivity contribution is 7.99. The Bertz CT molecular complexity index is 341. The van der Waals surface area contributed by atoms with Crippen LogP contribution < -0.4 is 10.0 Å². The second-order valence-corrected chi connectivity index (χ2v) is 4.60. The fourth-order valence-electron chi connectivity index (χ4n) is 1.15. The maximum Gasteiger partial charge on any atom is 0.209 e. The summed E-state index contributed by atoms with van der Waals surface area (Å²) in [5.74, 6) is -1.24. The molecule has 1 rings (SSSR count). The lowest BCUT2D eigenvalue weighted by Crippen LogP contribution is -3.05. The van der Waals surface area contributed by atoms with Gasteiger partial charge in [0.05, 0.1) is 33.2 Å². The van der Waals surface area contributed by atoms with Crippen LogP contribution in [-0.4, -0.2) is 52.6 Å². The van der Waals surface area contributed by atoms with Crippen LogP contribution in [0, 0.1) is 0 Å². The van der Waals surface area contributed by atoms with E-state index in [9.17, 15) is 9.90 Å². The van der Waals surface area contributed by atoms with Crippen LogP contribution in [0.4, 0.5) is 0 Å². The molecule has 0 atom stereocenters. The Morgan fingerprint density at radius 1 is 1.56 bits per heavy atom. The summed E-state index contributed by atoms with van der Waals surface area (Å²) in [6.45, 7) is 1.72. The van der Waals surface area contributed by atoms with E-state index >= 15 is 0 Å². The Hall–Kier alpha value is -1.15. The minimum Gasteiger partial charge on any atom is -0.549 e. The standard InChI is InChI=1S/C8H15N5O2S/c1-12(2)4-3-5-13-8(9-10-11-13)16-6-7(14)15/h3-6H2,1-2H3,(H,14,15). The Balaban J connectivity index is 2.40. The van der Waals surface area contributed by atoms with E-state index in [0.717, 1.165) is 24.7 Å². The first-order valence-corrected chi connectivity index (χ1v) is 5.96. The molecule has 0 fully saturated rings. The zero-order valence-corrected chi connectivity index (χ0v) is 10.2. The molecule has 0 aromatic carbocycles. The summed E-state index contributed by atoms with van der Waals surface area (Å²) in [4.78, 5) is 11.7. The van der Waals surface area contributed by atoms with Crippen molar-refractivity contribution in [2.24, 2.45) is 0 Å². The molecule has 0 aliphatic heterocycles. The monoisotopic (exact) mass is 245 g/mol. The van der Waals surface area contributed by atoms with Gasteiger partial charge in [0.1, 0.15) is 0 Å². The molecule has 1 aromatic heterocycles. The van der Waals surface area contributed by atoms with Crippen molar-refractivity contribution in [3.63, 3.8) is 0 Å². The lowest BCUT2D eigenvalue weighted by Gasteiger charge is -2.07. The van der Waals surface area contributed by atoms with Gasteiger partial charge in [0.2, 0.25) is 5.16 Å². The number of carboxylic acids is 1. The minimum atomic E-state index is -1.11. The number of rotatable bonds is 7. The van der Waals surface area contributed by atoms with Crippen molar-refractivity contribution >= 4 is 17.7 Å². The number of carboxylic acid groups (broad SMARTS) is 1. The molecule has 0 saturated heterocycles. The third-order valence-corrected chi connectivity index (χ3v) is 2.80. The summed E-state index contributed by atoms with van der Waals surface area (Å²) in [5, 5.41) is 21.9. The van der Waals surface area contributed by atoms with Gasteiger partial charge in [-0.3, -0.25) is 0 Å². The van der Waals surface area contributed by atoms with Gasteiger partial charge in [-0.2, -0.15) is 0 Å². The number of aryl methyl sites for hydroxylation is 1. The SMILES string of the molecule is C[NH+](C)CCCn1nnnc1SCC(=O)[O-]. The fraction of sp³-hybridized carbons (Fsp3) is 0.750. The quantitative estimate of drug-likeness (QED) is 0.517. The number of hydrogen-bond donors (Lipinski definition) is 1. The third kappa shape index (κ3) is 4.58. The molecule has 0 amide bonds. The molecule has 0 unspecified atom stereocenters. The van der Waals surface area contributed by atoms with Gasteiger partial charge < -0.3 is 14.8 Å². The summed E-state index contributed by atoms with van der Waals surface area (Å²) in [5.41, 5.74) is 0. The van der Waals surface area contributed by atoms with Crippen molar-refractivity contribution in [1.29, 1.82) is 0 Å². The van der Waals surface area contributed by atoms with Crippen molar-refractivity contribution in [1.82, 2.24) is 20.2 Å². The van der Waals surface area contributed by atoms with Gasteiger partial charge in [-0.05, 0) is 10.4 Å². The summed E-state index contributed by atoms with van der Waals surface area (Å²) in [7, 11) is 4.15. The summed E-state index contributed by atoms with van der Waals surface area (Å²) in [6, 6.07) is 0. The van der Waals surface area contributed by atoms with Crippen molar-refractivity contribution in [2.75, 3.05) is 26.4 Å². The number of thioether (sulfide) groups is 1. The molecule has 90 valence electrons. The van der Waals surface area contributed by atoms with E-state index in [1.807, 2.05) is 0 Å². The molecule has 16 heavy (non-hydrogen) atoms. The molecule has 0 aliphatic rings. The molecular weight excluding hydrogens is 230 g/mol. The average molecular weight is 245 g/mol. The van der Waals surface area contributed by atoms with Gasteiger partial charge in [0.25, 0.3) is 0 Å².